The maximum absolute atomic E-state index is 13.9. The van der Waals surface area contributed by atoms with Gasteiger partial charge in [0.2, 0.25) is 0 Å². The summed E-state index contributed by atoms with van der Waals surface area (Å²) < 4.78 is 41.6. The van der Waals surface area contributed by atoms with Crippen LogP contribution in [0.15, 0.2) is 24.3 Å². The van der Waals surface area contributed by atoms with Crippen LogP contribution in [0.3, 0.4) is 0 Å². The molecule has 2 aliphatic carbocycles. The number of alkyl halides is 3. The molecule has 2 aliphatic rings. The molecule has 1 aromatic carbocycles. The number of hydrogen-bond donors (Lipinski definition) is 1. The predicted molar refractivity (Wildman–Crippen MR) is 72.5 cm³/mol. The molecule has 0 radical (unpaired) electrons. The molecule has 1 N–H and O–H groups in total. The molecule has 0 aromatic heterocycles. The zero-order valence-electron chi connectivity index (χ0n) is 11.6. The molecule has 1 nitrogen and oxygen atoms in total. The lowest BCUT2D eigenvalue weighted by Gasteiger charge is -2.41. The van der Waals surface area contributed by atoms with Crippen LogP contribution >= 0.6 is 0 Å². The van der Waals surface area contributed by atoms with Gasteiger partial charge >= 0.3 is 6.18 Å². The van der Waals surface area contributed by atoms with Crippen LogP contribution in [0.1, 0.15) is 30.9 Å². The lowest BCUT2D eigenvalue weighted by atomic mass is 9.78. The van der Waals surface area contributed by atoms with E-state index in [1.54, 1.807) is 6.92 Å². The Morgan fingerprint density at radius 3 is 2.00 bits per heavy atom. The van der Waals surface area contributed by atoms with Crippen LogP contribution in [0.2, 0.25) is 0 Å². The van der Waals surface area contributed by atoms with Gasteiger partial charge in [0.25, 0.3) is 0 Å². The van der Waals surface area contributed by atoms with E-state index in [1.807, 2.05) is 24.3 Å². The van der Waals surface area contributed by atoms with Gasteiger partial charge in [0.05, 0.1) is 0 Å². The zero-order chi connectivity index (χ0) is 14.4. The van der Waals surface area contributed by atoms with Gasteiger partial charge in [-0.05, 0) is 55.2 Å². The quantitative estimate of drug-likeness (QED) is 0.872. The van der Waals surface area contributed by atoms with E-state index in [0.29, 0.717) is 32.2 Å². The first kappa shape index (κ1) is 13.9. The lowest BCUT2D eigenvalue weighted by molar-refractivity contribution is -0.219. The van der Waals surface area contributed by atoms with E-state index in [1.165, 1.54) is 0 Å². The number of halogens is 3. The fraction of sp³-hybridized carbons (Fsp3) is 0.625. The minimum Gasteiger partial charge on any atom is -0.303 e. The Morgan fingerprint density at radius 2 is 1.60 bits per heavy atom. The van der Waals surface area contributed by atoms with E-state index in [4.69, 9.17) is 0 Å². The van der Waals surface area contributed by atoms with Crippen molar-refractivity contribution in [1.29, 1.82) is 0 Å². The second-order valence-electron chi connectivity index (χ2n) is 6.05. The number of fused-ring (bicyclic) bond motifs is 3. The highest BCUT2D eigenvalue weighted by Crippen LogP contribution is 2.54. The first-order valence-electron chi connectivity index (χ1n) is 7.37. The molecule has 1 saturated carbocycles. The third kappa shape index (κ3) is 1.88. The minimum atomic E-state index is -4.18. The van der Waals surface area contributed by atoms with Crippen molar-refractivity contribution >= 4 is 0 Å². The molecule has 20 heavy (non-hydrogen) atoms. The topological polar surface area (TPSA) is 12.0 Å². The van der Waals surface area contributed by atoms with Crippen LogP contribution in [0.25, 0.3) is 0 Å². The molecule has 0 aliphatic heterocycles. The average Bonchev–Trinajstić information content (AvgIpc) is 2.63. The SMILES string of the molecule is CCNC1(C(F)(F)F)C2CCC1Cc1ccccc1C2. The van der Waals surface area contributed by atoms with E-state index in [0.717, 1.165) is 11.1 Å². The van der Waals surface area contributed by atoms with Gasteiger partial charge in [-0.2, -0.15) is 13.2 Å². The molecule has 0 spiro atoms. The number of benzene rings is 1. The molecule has 1 aromatic rings. The Bertz CT molecular complexity index is 462. The van der Waals surface area contributed by atoms with Crippen LogP contribution in [0.4, 0.5) is 13.2 Å². The van der Waals surface area contributed by atoms with Gasteiger partial charge in [0, 0.05) is 0 Å². The van der Waals surface area contributed by atoms with Gasteiger partial charge in [-0.1, -0.05) is 31.2 Å². The van der Waals surface area contributed by atoms with Gasteiger partial charge in [0.15, 0.2) is 0 Å². The summed E-state index contributed by atoms with van der Waals surface area (Å²) in [5.41, 5.74) is 0.512. The summed E-state index contributed by atoms with van der Waals surface area (Å²) in [6.07, 6.45) is -1.76. The molecule has 2 unspecified atom stereocenters. The summed E-state index contributed by atoms with van der Waals surface area (Å²) in [6.45, 7) is 2.13. The predicted octanol–water partition coefficient (Wildman–Crippen LogP) is 3.72. The zero-order valence-corrected chi connectivity index (χ0v) is 11.6. The van der Waals surface area contributed by atoms with Crippen molar-refractivity contribution in [3.8, 4) is 0 Å². The van der Waals surface area contributed by atoms with Crippen molar-refractivity contribution in [3.63, 3.8) is 0 Å². The van der Waals surface area contributed by atoms with Crippen LogP contribution in [0, 0.1) is 11.8 Å². The molecule has 4 heteroatoms. The van der Waals surface area contributed by atoms with E-state index in [2.05, 4.69) is 5.32 Å². The average molecular weight is 283 g/mol. The van der Waals surface area contributed by atoms with E-state index < -0.39 is 11.7 Å². The lowest BCUT2D eigenvalue weighted by Crippen LogP contribution is -2.63. The molecule has 0 saturated heterocycles. The Kier molecular flexibility index (Phi) is 3.32. The Hall–Kier alpha value is -1.03. The number of hydrogen-bond acceptors (Lipinski definition) is 1. The third-order valence-corrected chi connectivity index (χ3v) is 5.14. The molecule has 3 rings (SSSR count). The second-order valence-corrected chi connectivity index (χ2v) is 6.05. The highest BCUT2D eigenvalue weighted by molar-refractivity contribution is 5.33. The second kappa shape index (κ2) is 4.76. The molecule has 0 heterocycles. The molecular weight excluding hydrogens is 263 g/mol. The summed E-state index contributed by atoms with van der Waals surface area (Å²) in [7, 11) is 0. The van der Waals surface area contributed by atoms with E-state index in [9.17, 15) is 13.2 Å². The summed E-state index contributed by atoms with van der Waals surface area (Å²) in [4.78, 5) is 0. The Morgan fingerprint density at radius 1 is 1.10 bits per heavy atom. The monoisotopic (exact) mass is 283 g/mol. The molecule has 110 valence electrons. The van der Waals surface area contributed by atoms with Crippen LogP contribution in [-0.4, -0.2) is 18.3 Å². The molecule has 2 bridgehead atoms. The first-order chi connectivity index (χ1) is 9.49. The van der Waals surface area contributed by atoms with Crippen molar-refractivity contribution < 1.29 is 13.2 Å². The summed E-state index contributed by atoms with van der Waals surface area (Å²) in [5, 5.41) is 2.85. The van der Waals surface area contributed by atoms with Gasteiger partial charge in [-0.15, -0.1) is 0 Å². The molecular formula is C16H20F3N. The summed E-state index contributed by atoms with van der Waals surface area (Å²) in [5.74, 6) is -0.674. The van der Waals surface area contributed by atoms with Gasteiger partial charge in [0.1, 0.15) is 5.54 Å². The van der Waals surface area contributed by atoms with Crippen molar-refractivity contribution in [2.75, 3.05) is 6.54 Å². The van der Waals surface area contributed by atoms with Crippen LogP contribution in [0.5, 0.6) is 0 Å². The fourth-order valence-electron chi connectivity index (χ4n) is 4.35. The maximum atomic E-state index is 13.9. The minimum absolute atomic E-state index is 0.337. The third-order valence-electron chi connectivity index (χ3n) is 5.14. The van der Waals surface area contributed by atoms with Gasteiger partial charge < -0.3 is 5.32 Å². The standard InChI is InChI=1S/C16H20F3N/c1-2-20-15(16(17,18)19)13-7-8-14(15)10-12-6-4-3-5-11(12)9-13/h3-6,13-14,20H,2,7-10H2,1H3. The van der Waals surface area contributed by atoms with Crippen LogP contribution in [-0.2, 0) is 12.8 Å². The number of rotatable bonds is 2. The molecule has 1 fully saturated rings. The first-order valence-corrected chi connectivity index (χ1v) is 7.37. The van der Waals surface area contributed by atoms with Gasteiger partial charge in [-0.25, -0.2) is 0 Å². The Labute approximate surface area is 117 Å². The maximum Gasteiger partial charge on any atom is 0.407 e. The fourth-order valence-corrected chi connectivity index (χ4v) is 4.35. The van der Waals surface area contributed by atoms with Gasteiger partial charge in [-0.3, -0.25) is 0 Å². The Balaban J connectivity index is 2.07. The largest absolute Gasteiger partial charge is 0.407 e. The number of nitrogens with one attached hydrogen (secondary N) is 1. The van der Waals surface area contributed by atoms with Crippen LogP contribution < -0.4 is 5.32 Å². The van der Waals surface area contributed by atoms with Crippen molar-refractivity contribution in [1.82, 2.24) is 5.32 Å². The molecule has 2 atom stereocenters. The summed E-state index contributed by atoms with van der Waals surface area (Å²) in [6, 6.07) is 7.84. The summed E-state index contributed by atoms with van der Waals surface area (Å²) >= 11 is 0. The highest BCUT2D eigenvalue weighted by Gasteiger charge is 2.65. The normalized spacial score (nSPS) is 32.8. The van der Waals surface area contributed by atoms with Crippen molar-refractivity contribution in [2.24, 2.45) is 11.8 Å². The van der Waals surface area contributed by atoms with Crippen molar-refractivity contribution in [3.05, 3.63) is 35.4 Å². The molecule has 0 amide bonds. The smallest absolute Gasteiger partial charge is 0.303 e. The van der Waals surface area contributed by atoms with E-state index in [-0.39, 0.29) is 11.8 Å². The highest BCUT2D eigenvalue weighted by atomic mass is 19.4. The van der Waals surface area contributed by atoms with E-state index >= 15 is 0 Å². The van der Waals surface area contributed by atoms with Crippen molar-refractivity contribution in [2.45, 2.75) is 44.3 Å².